The van der Waals surface area contributed by atoms with Crippen molar-refractivity contribution in [1.82, 2.24) is 9.78 Å². The molecule has 15 heavy (non-hydrogen) atoms. The van der Waals surface area contributed by atoms with E-state index in [2.05, 4.69) is 5.10 Å². The van der Waals surface area contributed by atoms with Gasteiger partial charge in [0.15, 0.2) is 5.76 Å². The smallest absolute Gasteiger partial charge is 0.246 e. The molecule has 0 fully saturated rings. The van der Waals surface area contributed by atoms with Crippen molar-refractivity contribution in [3.05, 3.63) is 41.6 Å². The van der Waals surface area contributed by atoms with Crippen molar-refractivity contribution in [1.29, 1.82) is 0 Å². The molecule has 2 rings (SSSR count). The first-order valence-electron chi connectivity index (χ1n) is 4.83. The highest BCUT2D eigenvalue weighted by Gasteiger charge is 2.16. The molecule has 0 aromatic carbocycles. The van der Waals surface area contributed by atoms with Gasteiger partial charge in [-0.1, -0.05) is 6.92 Å². The van der Waals surface area contributed by atoms with Gasteiger partial charge >= 0.3 is 0 Å². The first-order chi connectivity index (χ1) is 7.22. The highest BCUT2D eigenvalue weighted by atomic mass is 16.3. The van der Waals surface area contributed by atoms with Crippen LogP contribution in [0.1, 0.15) is 28.9 Å². The third-order valence-corrected chi connectivity index (χ3v) is 2.29. The maximum Gasteiger partial charge on any atom is 0.246 e. The lowest BCUT2D eigenvalue weighted by Crippen LogP contribution is -2.07. The largest absolute Gasteiger partial charge is 0.458 e. The summed E-state index contributed by atoms with van der Waals surface area (Å²) in [4.78, 5) is 11.9. The summed E-state index contributed by atoms with van der Waals surface area (Å²) >= 11 is 0. The number of carbonyl (C=O) groups excluding carboxylic acids is 1. The minimum Gasteiger partial charge on any atom is -0.458 e. The predicted octanol–water partition coefficient (Wildman–Crippen LogP) is 1.81. The lowest BCUT2D eigenvalue weighted by molar-refractivity contribution is 0.0998. The zero-order valence-corrected chi connectivity index (χ0v) is 8.73. The van der Waals surface area contributed by atoms with Crippen LogP contribution in [0.3, 0.4) is 0 Å². The Morgan fingerprint density at radius 3 is 2.80 bits per heavy atom. The maximum absolute atomic E-state index is 11.9. The van der Waals surface area contributed by atoms with Crippen LogP contribution >= 0.6 is 0 Å². The van der Waals surface area contributed by atoms with Crippen molar-refractivity contribution < 1.29 is 9.21 Å². The molecule has 78 valence electrons. The average Bonchev–Trinajstić information content (AvgIpc) is 2.84. The molecule has 2 aromatic heterocycles. The van der Waals surface area contributed by atoms with Crippen LogP contribution in [0.5, 0.6) is 0 Å². The van der Waals surface area contributed by atoms with Crippen LogP contribution in [0.4, 0.5) is 0 Å². The van der Waals surface area contributed by atoms with Gasteiger partial charge in [0.05, 0.1) is 0 Å². The van der Waals surface area contributed by atoms with E-state index in [4.69, 9.17) is 4.42 Å². The molecular weight excluding hydrogens is 192 g/mol. The minimum atomic E-state index is -0.130. The molecule has 0 amide bonds. The van der Waals surface area contributed by atoms with E-state index in [1.807, 2.05) is 13.0 Å². The molecule has 0 radical (unpaired) electrons. The number of carbonyl (C=O) groups is 1. The molecule has 0 unspecified atom stereocenters. The van der Waals surface area contributed by atoms with E-state index in [0.29, 0.717) is 11.5 Å². The average molecular weight is 204 g/mol. The summed E-state index contributed by atoms with van der Waals surface area (Å²) in [6.45, 7) is 1.98. The second kappa shape index (κ2) is 3.73. The molecule has 0 bridgehead atoms. The van der Waals surface area contributed by atoms with Crippen LogP contribution in [0.2, 0.25) is 0 Å². The summed E-state index contributed by atoms with van der Waals surface area (Å²) < 4.78 is 6.92. The topological polar surface area (TPSA) is 48.0 Å². The fourth-order valence-corrected chi connectivity index (χ4v) is 1.41. The van der Waals surface area contributed by atoms with Crippen molar-refractivity contribution in [2.75, 3.05) is 0 Å². The van der Waals surface area contributed by atoms with E-state index in [1.54, 1.807) is 25.4 Å². The lowest BCUT2D eigenvalue weighted by atomic mass is 10.2. The Bertz CT molecular complexity index is 482. The molecule has 0 N–H and O–H groups in total. The summed E-state index contributed by atoms with van der Waals surface area (Å²) in [5.41, 5.74) is 0.534. The molecule has 2 heterocycles. The van der Waals surface area contributed by atoms with E-state index < -0.39 is 0 Å². The molecule has 0 aliphatic carbocycles. The van der Waals surface area contributed by atoms with Crippen LogP contribution in [0.15, 0.2) is 28.8 Å². The standard InChI is InChI=1S/C11H12N2O2/c1-3-8-4-5-10(15-8)11(14)9-6-7-12-13(9)2/h4-7H,3H2,1-2H3. The molecule has 0 aliphatic heterocycles. The molecule has 4 heteroatoms. The molecule has 0 spiro atoms. The van der Waals surface area contributed by atoms with Crippen molar-refractivity contribution in [3.63, 3.8) is 0 Å². The first kappa shape index (κ1) is 9.71. The molecule has 2 aromatic rings. The van der Waals surface area contributed by atoms with Gasteiger partial charge in [-0.3, -0.25) is 9.48 Å². The summed E-state index contributed by atoms with van der Waals surface area (Å²) in [5, 5.41) is 3.94. The van der Waals surface area contributed by atoms with Gasteiger partial charge in [-0.15, -0.1) is 0 Å². The highest BCUT2D eigenvalue weighted by Crippen LogP contribution is 2.13. The van der Waals surface area contributed by atoms with Crippen molar-refractivity contribution in [3.8, 4) is 0 Å². The molecular formula is C11H12N2O2. The van der Waals surface area contributed by atoms with Gasteiger partial charge in [0, 0.05) is 19.7 Å². The zero-order valence-electron chi connectivity index (χ0n) is 8.73. The molecule has 0 aliphatic rings. The quantitative estimate of drug-likeness (QED) is 0.716. The Labute approximate surface area is 87.5 Å². The van der Waals surface area contributed by atoms with E-state index in [-0.39, 0.29) is 5.78 Å². The minimum absolute atomic E-state index is 0.130. The third-order valence-electron chi connectivity index (χ3n) is 2.29. The first-order valence-corrected chi connectivity index (χ1v) is 4.83. The number of hydrogen-bond donors (Lipinski definition) is 0. The van der Waals surface area contributed by atoms with Gasteiger partial charge in [-0.2, -0.15) is 5.10 Å². The Hall–Kier alpha value is -1.84. The Morgan fingerprint density at radius 1 is 1.47 bits per heavy atom. The van der Waals surface area contributed by atoms with Crippen LogP contribution in [-0.4, -0.2) is 15.6 Å². The second-order valence-corrected chi connectivity index (χ2v) is 3.29. The third kappa shape index (κ3) is 1.70. The van der Waals surface area contributed by atoms with Crippen molar-refractivity contribution in [2.45, 2.75) is 13.3 Å². The number of nitrogens with zero attached hydrogens (tertiary/aromatic N) is 2. The molecule has 0 saturated heterocycles. The Morgan fingerprint density at radius 2 is 2.27 bits per heavy atom. The number of aryl methyl sites for hydroxylation is 2. The summed E-state index contributed by atoms with van der Waals surface area (Å²) in [5.74, 6) is 1.06. The monoisotopic (exact) mass is 204 g/mol. The van der Waals surface area contributed by atoms with E-state index in [9.17, 15) is 4.79 Å². The second-order valence-electron chi connectivity index (χ2n) is 3.29. The van der Waals surface area contributed by atoms with Gasteiger partial charge in [0.1, 0.15) is 11.5 Å². The summed E-state index contributed by atoms with van der Waals surface area (Å²) in [6, 6.07) is 5.20. The predicted molar refractivity (Wildman–Crippen MR) is 54.7 cm³/mol. The number of rotatable bonds is 3. The lowest BCUT2D eigenvalue weighted by Gasteiger charge is -1.97. The van der Waals surface area contributed by atoms with Gasteiger partial charge in [0.2, 0.25) is 5.78 Å². The highest BCUT2D eigenvalue weighted by molar-refractivity contribution is 6.05. The fraction of sp³-hybridized carbons (Fsp3) is 0.273. The van der Waals surface area contributed by atoms with Gasteiger partial charge in [-0.05, 0) is 18.2 Å². The van der Waals surface area contributed by atoms with Crippen molar-refractivity contribution in [2.24, 2.45) is 7.05 Å². The summed E-state index contributed by atoms with van der Waals surface area (Å²) in [6.07, 6.45) is 2.38. The normalized spacial score (nSPS) is 10.5. The molecule has 4 nitrogen and oxygen atoms in total. The van der Waals surface area contributed by atoms with Gasteiger partial charge < -0.3 is 4.42 Å². The number of furan rings is 1. The van der Waals surface area contributed by atoms with Gasteiger partial charge in [-0.25, -0.2) is 0 Å². The van der Waals surface area contributed by atoms with Crippen LogP contribution < -0.4 is 0 Å². The zero-order chi connectivity index (χ0) is 10.8. The van der Waals surface area contributed by atoms with Crippen LogP contribution in [0.25, 0.3) is 0 Å². The SMILES string of the molecule is CCc1ccc(C(=O)c2ccnn2C)o1. The maximum atomic E-state index is 11.9. The van der Waals surface area contributed by atoms with E-state index in [1.165, 1.54) is 4.68 Å². The number of hydrogen-bond acceptors (Lipinski definition) is 3. The van der Waals surface area contributed by atoms with Gasteiger partial charge in [0.25, 0.3) is 0 Å². The molecule has 0 saturated carbocycles. The number of ketones is 1. The Balaban J connectivity index is 2.32. The van der Waals surface area contributed by atoms with Crippen LogP contribution in [0, 0.1) is 0 Å². The summed E-state index contributed by atoms with van der Waals surface area (Å²) in [7, 11) is 1.73. The fourth-order valence-electron chi connectivity index (χ4n) is 1.41. The van der Waals surface area contributed by atoms with Crippen LogP contribution in [-0.2, 0) is 13.5 Å². The van der Waals surface area contributed by atoms with Crippen molar-refractivity contribution >= 4 is 5.78 Å². The molecule has 0 atom stereocenters. The van der Waals surface area contributed by atoms with E-state index in [0.717, 1.165) is 12.2 Å². The Kier molecular flexibility index (Phi) is 2.41. The van der Waals surface area contributed by atoms with E-state index >= 15 is 0 Å². The number of aromatic nitrogens is 2.